The number of amidine groups is 1. The van der Waals surface area contributed by atoms with E-state index in [1.807, 2.05) is 6.07 Å². The molecule has 0 unspecified atom stereocenters. The number of aryl methyl sites for hydroxylation is 1. The lowest BCUT2D eigenvalue weighted by Crippen LogP contribution is -2.52. The first-order chi connectivity index (χ1) is 14.3. The predicted molar refractivity (Wildman–Crippen MR) is 108 cm³/mol. The van der Waals surface area contributed by atoms with E-state index in [0.29, 0.717) is 11.1 Å². The summed E-state index contributed by atoms with van der Waals surface area (Å²) in [5.74, 6) is -1.22. The van der Waals surface area contributed by atoms with Crippen LogP contribution in [0.1, 0.15) is 27.2 Å². The van der Waals surface area contributed by atoms with Crippen LogP contribution < -0.4 is 11.1 Å². The maximum atomic E-state index is 15.6. The molecule has 0 aliphatic carbocycles. The molecule has 3 heterocycles. The van der Waals surface area contributed by atoms with Crippen LogP contribution in [0.5, 0.6) is 0 Å². The van der Waals surface area contributed by atoms with Crippen molar-refractivity contribution in [2.75, 3.05) is 24.3 Å². The summed E-state index contributed by atoms with van der Waals surface area (Å²) in [4.78, 5) is 20.9. The number of carbonyl (C=O) groups excluding carboxylic acids is 1. The van der Waals surface area contributed by atoms with Gasteiger partial charge in [0.15, 0.2) is 16.4 Å². The Hall–Kier alpha value is -3.03. The summed E-state index contributed by atoms with van der Waals surface area (Å²) in [5, 5.41) is 11.7. The number of hydrogen-bond acceptors (Lipinski definition) is 7. The van der Waals surface area contributed by atoms with Crippen LogP contribution in [-0.4, -0.2) is 40.7 Å². The van der Waals surface area contributed by atoms with E-state index >= 15 is 4.39 Å². The summed E-state index contributed by atoms with van der Waals surface area (Å²) in [5.41, 5.74) is 3.47. The molecule has 30 heavy (non-hydrogen) atoms. The fraction of sp³-hybridized carbons (Fsp3) is 0.300. The van der Waals surface area contributed by atoms with E-state index in [4.69, 9.17) is 15.7 Å². The second kappa shape index (κ2) is 7.34. The number of alkyl halides is 1. The number of halogens is 2. The number of ether oxygens (including phenoxy) is 1. The van der Waals surface area contributed by atoms with Crippen LogP contribution in [-0.2, 0) is 10.3 Å². The smallest absolute Gasteiger partial charge is 0.274 e. The first-order valence-corrected chi connectivity index (χ1v) is 9.99. The van der Waals surface area contributed by atoms with Gasteiger partial charge in [-0.15, -0.1) is 0 Å². The number of nitrogens with one attached hydrogen (secondary N) is 1. The molecule has 2 aliphatic rings. The van der Waals surface area contributed by atoms with Gasteiger partial charge in [-0.1, -0.05) is 11.8 Å². The molecule has 3 N–H and O–H groups in total. The second-order valence-corrected chi connectivity index (χ2v) is 8.20. The average Bonchev–Trinajstić information content (AvgIpc) is 3.06. The molecule has 2 aromatic rings. The lowest BCUT2D eigenvalue weighted by Gasteiger charge is -2.38. The molecular formula is C20H17F2N5O2S. The molecule has 1 fully saturated rings. The fourth-order valence-electron chi connectivity index (χ4n) is 3.67. The lowest BCUT2D eigenvalue weighted by atomic mass is 9.79. The number of aliphatic imine (C=N–C) groups is 1. The number of rotatable bonds is 3. The van der Waals surface area contributed by atoms with E-state index in [0.717, 1.165) is 17.8 Å². The second-order valence-electron chi connectivity index (χ2n) is 7.21. The maximum Gasteiger partial charge on any atom is 0.274 e. The van der Waals surface area contributed by atoms with E-state index in [1.165, 1.54) is 18.3 Å². The number of anilines is 1. The third-order valence-corrected chi connectivity index (χ3v) is 6.21. The molecule has 7 nitrogen and oxygen atoms in total. The standard InChI is InChI=1S/C20H17F2N5O2S/c1-11-4-12(6-23)7-25-16(11)17(28)26-13-2-3-15(21)14(5-13)20-9-29-8-19(20,22)10-30-18(24)27-20/h2-5,7H,8-10H2,1H3,(H2,24,27)(H,26,28)/t19-,20-/m1/s1. The summed E-state index contributed by atoms with van der Waals surface area (Å²) in [7, 11) is 0. The number of benzene rings is 1. The molecule has 4 rings (SSSR count). The lowest BCUT2D eigenvalue weighted by molar-refractivity contribution is 0.102. The first kappa shape index (κ1) is 20.3. The molecule has 0 spiro atoms. The number of nitrogens with zero attached hydrogens (tertiary/aromatic N) is 3. The molecule has 10 heteroatoms. The zero-order chi connectivity index (χ0) is 21.5. The monoisotopic (exact) mass is 429 g/mol. The Morgan fingerprint density at radius 2 is 2.20 bits per heavy atom. The number of aromatic nitrogens is 1. The van der Waals surface area contributed by atoms with Crippen LogP contribution in [0.2, 0.25) is 0 Å². The number of amides is 1. The van der Waals surface area contributed by atoms with E-state index in [9.17, 15) is 9.18 Å². The Labute approximate surface area is 175 Å². The molecule has 0 radical (unpaired) electrons. The van der Waals surface area contributed by atoms with Crippen molar-refractivity contribution in [1.82, 2.24) is 4.98 Å². The number of fused-ring (bicyclic) bond motifs is 1. The number of hydrogen-bond donors (Lipinski definition) is 2. The minimum atomic E-state index is -1.92. The van der Waals surface area contributed by atoms with Gasteiger partial charge in [0.2, 0.25) is 0 Å². The van der Waals surface area contributed by atoms with Crippen LogP contribution in [0.3, 0.4) is 0 Å². The Morgan fingerprint density at radius 3 is 2.93 bits per heavy atom. The largest absolute Gasteiger partial charge is 0.379 e. The molecule has 0 bridgehead atoms. The van der Waals surface area contributed by atoms with Crippen molar-refractivity contribution in [3.63, 3.8) is 0 Å². The van der Waals surface area contributed by atoms with E-state index < -0.39 is 22.9 Å². The van der Waals surface area contributed by atoms with E-state index in [1.54, 1.807) is 13.0 Å². The summed E-state index contributed by atoms with van der Waals surface area (Å²) in [6.07, 6.45) is 1.29. The van der Waals surface area contributed by atoms with Gasteiger partial charge >= 0.3 is 0 Å². The molecule has 2 aliphatic heterocycles. The van der Waals surface area contributed by atoms with Crippen LogP contribution in [0.15, 0.2) is 35.5 Å². The van der Waals surface area contributed by atoms with Crippen LogP contribution >= 0.6 is 11.8 Å². The third kappa shape index (κ3) is 3.20. The number of nitriles is 1. The van der Waals surface area contributed by atoms with Crippen molar-refractivity contribution >= 4 is 28.5 Å². The average molecular weight is 429 g/mol. The first-order valence-electron chi connectivity index (χ1n) is 9.01. The van der Waals surface area contributed by atoms with Gasteiger partial charge in [-0.3, -0.25) is 4.79 Å². The van der Waals surface area contributed by atoms with Gasteiger partial charge < -0.3 is 15.8 Å². The Balaban J connectivity index is 1.70. The van der Waals surface area contributed by atoms with Crippen molar-refractivity contribution in [2.45, 2.75) is 18.1 Å². The molecule has 1 aromatic heterocycles. The number of pyridine rings is 1. The summed E-state index contributed by atoms with van der Waals surface area (Å²) >= 11 is 1.06. The SMILES string of the molecule is Cc1cc(C#N)cnc1C(=O)Nc1ccc(F)c([C@]23COC[C@@]2(F)CSC(N)=N3)c1. The number of carbonyl (C=O) groups is 1. The van der Waals surface area contributed by atoms with Crippen LogP contribution in [0.25, 0.3) is 0 Å². The topological polar surface area (TPSA) is 113 Å². The minimum absolute atomic E-state index is 0.00723. The van der Waals surface area contributed by atoms with Crippen molar-refractivity contribution in [3.05, 3.63) is 58.7 Å². The maximum absolute atomic E-state index is 15.6. The van der Waals surface area contributed by atoms with Crippen LogP contribution in [0, 0.1) is 24.1 Å². The minimum Gasteiger partial charge on any atom is -0.379 e. The van der Waals surface area contributed by atoms with Gasteiger partial charge in [-0.25, -0.2) is 18.8 Å². The quantitative estimate of drug-likeness (QED) is 0.776. The Morgan fingerprint density at radius 1 is 1.40 bits per heavy atom. The molecule has 1 amide bonds. The van der Waals surface area contributed by atoms with Crippen molar-refractivity contribution in [2.24, 2.45) is 10.7 Å². The summed E-state index contributed by atoms with van der Waals surface area (Å²) in [6, 6.07) is 7.36. The highest BCUT2D eigenvalue weighted by Crippen LogP contribution is 2.50. The Bertz CT molecular complexity index is 1120. The summed E-state index contributed by atoms with van der Waals surface area (Å²) < 4.78 is 35.8. The van der Waals surface area contributed by atoms with Crippen LogP contribution in [0.4, 0.5) is 14.5 Å². The third-order valence-electron chi connectivity index (χ3n) is 5.23. The van der Waals surface area contributed by atoms with Gasteiger partial charge in [-0.2, -0.15) is 5.26 Å². The normalized spacial score (nSPS) is 25.2. The molecule has 0 saturated carbocycles. The van der Waals surface area contributed by atoms with Crippen molar-refractivity contribution < 1.29 is 18.3 Å². The molecular weight excluding hydrogens is 412 g/mol. The summed E-state index contributed by atoms with van der Waals surface area (Å²) in [6.45, 7) is 1.28. The van der Waals surface area contributed by atoms with Gasteiger partial charge in [0.05, 0.1) is 18.8 Å². The fourth-order valence-corrected chi connectivity index (χ4v) is 4.59. The zero-order valence-corrected chi connectivity index (χ0v) is 16.7. The number of nitrogens with two attached hydrogens (primary N) is 1. The molecule has 2 atom stereocenters. The van der Waals surface area contributed by atoms with Gasteiger partial charge in [-0.05, 0) is 36.8 Å². The van der Waals surface area contributed by atoms with Gasteiger partial charge in [0, 0.05) is 23.2 Å². The Kier molecular flexibility index (Phi) is 4.95. The highest BCUT2D eigenvalue weighted by atomic mass is 32.2. The van der Waals surface area contributed by atoms with Gasteiger partial charge in [0.25, 0.3) is 5.91 Å². The predicted octanol–water partition coefficient (Wildman–Crippen LogP) is 2.65. The molecule has 1 aromatic carbocycles. The number of thioether (sulfide) groups is 1. The van der Waals surface area contributed by atoms with Gasteiger partial charge in [0.1, 0.15) is 17.6 Å². The molecule has 1 saturated heterocycles. The van der Waals surface area contributed by atoms with Crippen molar-refractivity contribution in [1.29, 1.82) is 5.26 Å². The van der Waals surface area contributed by atoms with E-state index in [-0.39, 0.29) is 41.1 Å². The van der Waals surface area contributed by atoms with Crippen molar-refractivity contribution in [3.8, 4) is 6.07 Å². The van der Waals surface area contributed by atoms with E-state index in [2.05, 4.69) is 15.3 Å². The zero-order valence-electron chi connectivity index (χ0n) is 15.9. The highest BCUT2D eigenvalue weighted by Gasteiger charge is 2.61. The highest BCUT2D eigenvalue weighted by molar-refractivity contribution is 8.13. The molecule has 154 valence electrons.